The van der Waals surface area contributed by atoms with E-state index in [-0.39, 0.29) is 17.9 Å². The number of rotatable bonds is 4. The number of imidazole rings is 1. The van der Waals surface area contributed by atoms with E-state index in [0.29, 0.717) is 13.2 Å². The lowest BCUT2D eigenvalue weighted by atomic mass is 9.92. The standard InChI is InChI=1S/C16H23N5O2/c1-11-9-12(21(3)19-11)10-18-16(22)13-5-4-8-23-14(13)15-17-6-7-20(15)2/h6-7,9,13-14H,4-5,8,10H2,1-3H3,(H,18,22)/t13-,14-/m1/s1. The van der Waals surface area contributed by atoms with Crippen LogP contribution in [-0.4, -0.2) is 31.8 Å². The molecule has 1 fully saturated rings. The van der Waals surface area contributed by atoms with Crippen molar-refractivity contribution in [3.05, 3.63) is 35.7 Å². The molecule has 2 atom stereocenters. The van der Waals surface area contributed by atoms with Crippen LogP contribution in [0.3, 0.4) is 0 Å². The highest BCUT2D eigenvalue weighted by molar-refractivity contribution is 5.79. The lowest BCUT2D eigenvalue weighted by Crippen LogP contribution is -2.38. The van der Waals surface area contributed by atoms with Crippen LogP contribution >= 0.6 is 0 Å². The normalized spacial score (nSPS) is 21.3. The third-order valence-corrected chi connectivity index (χ3v) is 4.31. The van der Waals surface area contributed by atoms with Crippen LogP contribution in [0.1, 0.15) is 36.2 Å². The summed E-state index contributed by atoms with van der Waals surface area (Å²) in [7, 11) is 3.81. The highest BCUT2D eigenvalue weighted by atomic mass is 16.5. The molecule has 0 aliphatic carbocycles. The summed E-state index contributed by atoms with van der Waals surface area (Å²) in [5.74, 6) is 0.608. The van der Waals surface area contributed by atoms with Gasteiger partial charge >= 0.3 is 0 Å². The Morgan fingerprint density at radius 2 is 2.30 bits per heavy atom. The Hall–Kier alpha value is -2.15. The van der Waals surface area contributed by atoms with Crippen LogP contribution in [0.25, 0.3) is 0 Å². The number of nitrogens with zero attached hydrogens (tertiary/aromatic N) is 4. The molecule has 7 heteroatoms. The maximum Gasteiger partial charge on any atom is 0.226 e. The van der Waals surface area contributed by atoms with Gasteiger partial charge in [0.05, 0.1) is 23.9 Å². The second kappa shape index (κ2) is 6.54. The summed E-state index contributed by atoms with van der Waals surface area (Å²) in [4.78, 5) is 17.0. The Bertz CT molecular complexity index is 690. The number of nitrogens with one attached hydrogen (secondary N) is 1. The quantitative estimate of drug-likeness (QED) is 0.921. The number of carbonyl (C=O) groups excluding carboxylic acids is 1. The van der Waals surface area contributed by atoms with Crippen LogP contribution in [-0.2, 0) is 30.2 Å². The average Bonchev–Trinajstić information content (AvgIpc) is 3.10. The van der Waals surface area contributed by atoms with E-state index in [9.17, 15) is 4.79 Å². The molecule has 0 aromatic carbocycles. The van der Waals surface area contributed by atoms with Crippen molar-refractivity contribution < 1.29 is 9.53 Å². The summed E-state index contributed by atoms with van der Waals surface area (Å²) < 4.78 is 9.57. The van der Waals surface area contributed by atoms with Crippen molar-refractivity contribution in [1.82, 2.24) is 24.6 Å². The largest absolute Gasteiger partial charge is 0.369 e. The van der Waals surface area contributed by atoms with Gasteiger partial charge in [-0.15, -0.1) is 0 Å². The molecule has 1 saturated heterocycles. The minimum atomic E-state index is -0.281. The fraction of sp³-hybridized carbons (Fsp3) is 0.562. The van der Waals surface area contributed by atoms with Crippen molar-refractivity contribution in [2.24, 2.45) is 20.0 Å². The Morgan fingerprint density at radius 3 is 2.96 bits per heavy atom. The summed E-state index contributed by atoms with van der Waals surface area (Å²) in [5.41, 5.74) is 1.93. The summed E-state index contributed by atoms with van der Waals surface area (Å²) in [6.45, 7) is 3.08. The van der Waals surface area contributed by atoms with E-state index >= 15 is 0 Å². The first-order valence-corrected chi connectivity index (χ1v) is 7.92. The highest BCUT2D eigenvalue weighted by Gasteiger charge is 2.35. The molecule has 23 heavy (non-hydrogen) atoms. The van der Waals surface area contributed by atoms with Gasteiger partial charge in [-0.25, -0.2) is 4.98 Å². The van der Waals surface area contributed by atoms with Gasteiger partial charge in [0.15, 0.2) is 0 Å². The molecule has 0 saturated carbocycles. The van der Waals surface area contributed by atoms with E-state index < -0.39 is 0 Å². The van der Waals surface area contributed by atoms with Crippen LogP contribution in [0.4, 0.5) is 0 Å². The number of ether oxygens (including phenoxy) is 1. The van der Waals surface area contributed by atoms with E-state index in [1.807, 2.05) is 37.8 Å². The lowest BCUT2D eigenvalue weighted by molar-refractivity contribution is -0.135. The summed E-state index contributed by atoms with van der Waals surface area (Å²) in [6, 6.07) is 1.98. The third-order valence-electron chi connectivity index (χ3n) is 4.31. The predicted molar refractivity (Wildman–Crippen MR) is 84.4 cm³/mol. The molecular weight excluding hydrogens is 294 g/mol. The smallest absolute Gasteiger partial charge is 0.226 e. The van der Waals surface area contributed by atoms with Gasteiger partial charge in [0.25, 0.3) is 0 Å². The SMILES string of the molecule is Cc1cc(CNC(=O)[C@@H]2CCCO[C@H]2c2nccn2C)n(C)n1. The van der Waals surface area contributed by atoms with Gasteiger partial charge in [-0.05, 0) is 25.8 Å². The average molecular weight is 317 g/mol. The number of hydrogen-bond donors (Lipinski definition) is 1. The first-order valence-electron chi connectivity index (χ1n) is 7.92. The third kappa shape index (κ3) is 3.29. The second-order valence-corrected chi connectivity index (χ2v) is 6.05. The van der Waals surface area contributed by atoms with Crippen molar-refractivity contribution in [1.29, 1.82) is 0 Å². The Morgan fingerprint density at radius 1 is 1.48 bits per heavy atom. The molecule has 1 amide bonds. The van der Waals surface area contributed by atoms with Crippen molar-refractivity contribution in [3.8, 4) is 0 Å². The zero-order valence-electron chi connectivity index (χ0n) is 13.8. The maximum absolute atomic E-state index is 12.6. The van der Waals surface area contributed by atoms with Crippen LogP contribution in [0, 0.1) is 12.8 Å². The first-order chi connectivity index (χ1) is 11.1. The Balaban J connectivity index is 1.69. The monoisotopic (exact) mass is 317 g/mol. The predicted octanol–water partition coefficient (Wildman–Crippen LogP) is 1.25. The number of aryl methyl sites for hydroxylation is 3. The summed E-state index contributed by atoms with van der Waals surface area (Å²) >= 11 is 0. The fourth-order valence-corrected chi connectivity index (χ4v) is 3.09. The van der Waals surface area contributed by atoms with E-state index in [2.05, 4.69) is 15.4 Å². The van der Waals surface area contributed by atoms with Gasteiger partial charge < -0.3 is 14.6 Å². The van der Waals surface area contributed by atoms with Gasteiger partial charge in [-0.2, -0.15) is 5.10 Å². The van der Waals surface area contributed by atoms with Crippen molar-refractivity contribution in [3.63, 3.8) is 0 Å². The molecule has 0 unspecified atom stereocenters. The van der Waals surface area contributed by atoms with Gasteiger partial charge in [0.1, 0.15) is 11.9 Å². The van der Waals surface area contributed by atoms with E-state index in [1.54, 1.807) is 10.9 Å². The Kier molecular flexibility index (Phi) is 4.47. The molecule has 0 bridgehead atoms. The molecule has 0 spiro atoms. The second-order valence-electron chi connectivity index (χ2n) is 6.05. The maximum atomic E-state index is 12.6. The summed E-state index contributed by atoms with van der Waals surface area (Å²) in [5, 5.41) is 7.31. The zero-order chi connectivity index (χ0) is 16.4. The van der Waals surface area contributed by atoms with Gasteiger partial charge in [-0.1, -0.05) is 0 Å². The molecule has 0 radical (unpaired) electrons. The molecular formula is C16H23N5O2. The zero-order valence-corrected chi connectivity index (χ0v) is 13.8. The van der Waals surface area contributed by atoms with Crippen molar-refractivity contribution in [2.45, 2.75) is 32.4 Å². The molecule has 124 valence electrons. The van der Waals surface area contributed by atoms with Crippen LogP contribution in [0.15, 0.2) is 18.5 Å². The molecule has 1 N–H and O–H groups in total. The lowest BCUT2D eigenvalue weighted by Gasteiger charge is -2.30. The van der Waals surface area contributed by atoms with E-state index in [0.717, 1.165) is 30.1 Å². The van der Waals surface area contributed by atoms with Crippen molar-refractivity contribution in [2.75, 3.05) is 6.61 Å². The van der Waals surface area contributed by atoms with Gasteiger partial charge in [0.2, 0.25) is 5.91 Å². The molecule has 7 nitrogen and oxygen atoms in total. The molecule has 2 aromatic heterocycles. The minimum Gasteiger partial charge on any atom is -0.369 e. The molecule has 3 rings (SSSR count). The molecule has 3 heterocycles. The number of carbonyl (C=O) groups is 1. The number of amides is 1. The number of hydrogen-bond acceptors (Lipinski definition) is 4. The molecule has 1 aliphatic heterocycles. The molecule has 2 aromatic rings. The van der Waals surface area contributed by atoms with Gasteiger partial charge in [0, 0.05) is 33.1 Å². The van der Waals surface area contributed by atoms with Crippen molar-refractivity contribution >= 4 is 5.91 Å². The van der Waals surface area contributed by atoms with E-state index in [1.165, 1.54) is 0 Å². The number of aromatic nitrogens is 4. The van der Waals surface area contributed by atoms with Gasteiger partial charge in [-0.3, -0.25) is 9.48 Å². The summed E-state index contributed by atoms with van der Waals surface area (Å²) in [6.07, 6.45) is 5.04. The van der Waals surface area contributed by atoms with Crippen LogP contribution in [0.2, 0.25) is 0 Å². The van der Waals surface area contributed by atoms with E-state index in [4.69, 9.17) is 4.74 Å². The topological polar surface area (TPSA) is 74.0 Å². The van der Waals surface area contributed by atoms with Crippen LogP contribution in [0.5, 0.6) is 0 Å². The first kappa shape index (κ1) is 15.7. The Labute approximate surface area is 135 Å². The minimum absolute atomic E-state index is 0.0107. The molecule has 1 aliphatic rings. The fourth-order valence-electron chi connectivity index (χ4n) is 3.09. The van der Waals surface area contributed by atoms with Crippen LogP contribution < -0.4 is 5.32 Å². The highest BCUT2D eigenvalue weighted by Crippen LogP contribution is 2.32.